The van der Waals surface area contributed by atoms with Crippen LogP contribution in [0.25, 0.3) is 0 Å². The molecule has 4 nitrogen and oxygen atoms in total. The number of hydrogen-bond donors (Lipinski definition) is 1. The highest BCUT2D eigenvalue weighted by atomic mass is 32.2. The van der Waals surface area contributed by atoms with Crippen LogP contribution in [0.1, 0.15) is 56.7 Å². The van der Waals surface area contributed by atoms with E-state index in [1.165, 1.54) is 32.1 Å². The molecule has 5 heteroatoms. The standard InChI is InChI=1S/C14H23N3OS/c1-10-7-15-8-12(10)14-16-13(17-18-14)9-19-11-5-3-2-4-6-11/h10-12,15H,2-9H2,1H3/t10-,12-/m1/s1. The molecule has 0 radical (unpaired) electrons. The molecule has 1 N–H and O–H groups in total. The summed E-state index contributed by atoms with van der Waals surface area (Å²) in [4.78, 5) is 4.59. The summed E-state index contributed by atoms with van der Waals surface area (Å²) in [6, 6.07) is 0. The van der Waals surface area contributed by atoms with E-state index in [9.17, 15) is 0 Å². The second-order valence-electron chi connectivity index (χ2n) is 5.86. The molecule has 2 heterocycles. The minimum Gasteiger partial charge on any atom is -0.339 e. The molecule has 3 rings (SSSR count). The fourth-order valence-electron chi connectivity index (χ4n) is 3.04. The molecule has 1 aromatic heterocycles. The summed E-state index contributed by atoms with van der Waals surface area (Å²) in [6.07, 6.45) is 6.91. The first-order valence-corrected chi connectivity index (χ1v) is 8.52. The number of aromatic nitrogens is 2. The van der Waals surface area contributed by atoms with E-state index in [2.05, 4.69) is 22.4 Å². The summed E-state index contributed by atoms with van der Waals surface area (Å²) in [5.41, 5.74) is 0. The van der Waals surface area contributed by atoms with Gasteiger partial charge in [0.25, 0.3) is 0 Å². The Kier molecular flexibility index (Phi) is 4.43. The maximum absolute atomic E-state index is 5.44. The molecule has 1 aliphatic carbocycles. The molecule has 0 unspecified atom stereocenters. The molecular weight excluding hydrogens is 258 g/mol. The number of hydrogen-bond acceptors (Lipinski definition) is 5. The van der Waals surface area contributed by atoms with Gasteiger partial charge in [-0.25, -0.2) is 0 Å². The van der Waals surface area contributed by atoms with Crippen LogP contribution >= 0.6 is 11.8 Å². The Morgan fingerprint density at radius 3 is 2.84 bits per heavy atom. The number of rotatable bonds is 4. The quantitative estimate of drug-likeness (QED) is 0.919. The van der Waals surface area contributed by atoms with E-state index in [-0.39, 0.29) is 0 Å². The molecule has 2 aliphatic rings. The number of nitrogens with zero attached hydrogens (tertiary/aromatic N) is 2. The second kappa shape index (κ2) is 6.27. The summed E-state index contributed by atoms with van der Waals surface area (Å²) in [5, 5.41) is 8.33. The lowest BCUT2D eigenvalue weighted by Gasteiger charge is -2.20. The molecule has 2 atom stereocenters. The molecule has 0 amide bonds. The van der Waals surface area contributed by atoms with Crippen LogP contribution in [0.2, 0.25) is 0 Å². The van der Waals surface area contributed by atoms with E-state index >= 15 is 0 Å². The Balaban J connectivity index is 1.52. The van der Waals surface area contributed by atoms with Crippen LogP contribution in [0.4, 0.5) is 0 Å². The summed E-state index contributed by atoms with van der Waals surface area (Å²) < 4.78 is 5.44. The minimum absolute atomic E-state index is 0.404. The largest absolute Gasteiger partial charge is 0.339 e. The summed E-state index contributed by atoms with van der Waals surface area (Å²) in [5.74, 6) is 3.62. The molecule has 0 aromatic carbocycles. The van der Waals surface area contributed by atoms with Gasteiger partial charge in [-0.2, -0.15) is 16.7 Å². The average molecular weight is 281 g/mol. The highest BCUT2D eigenvalue weighted by Gasteiger charge is 2.29. The predicted octanol–water partition coefficient (Wildman–Crippen LogP) is 2.96. The molecular formula is C14H23N3OS. The minimum atomic E-state index is 0.404. The van der Waals surface area contributed by atoms with Crippen LogP contribution in [0, 0.1) is 5.92 Å². The van der Waals surface area contributed by atoms with Gasteiger partial charge in [0.15, 0.2) is 5.82 Å². The van der Waals surface area contributed by atoms with Gasteiger partial charge in [-0.1, -0.05) is 31.3 Å². The zero-order chi connectivity index (χ0) is 13.1. The lowest BCUT2D eigenvalue weighted by Crippen LogP contribution is -2.09. The van der Waals surface area contributed by atoms with E-state index in [0.29, 0.717) is 11.8 Å². The maximum atomic E-state index is 5.44. The van der Waals surface area contributed by atoms with Gasteiger partial charge in [0.2, 0.25) is 5.89 Å². The van der Waals surface area contributed by atoms with Crippen LogP contribution < -0.4 is 5.32 Å². The van der Waals surface area contributed by atoms with Crippen molar-refractivity contribution >= 4 is 11.8 Å². The fraction of sp³-hybridized carbons (Fsp3) is 0.857. The van der Waals surface area contributed by atoms with E-state index in [1.54, 1.807) is 0 Å². The third-order valence-corrected chi connectivity index (χ3v) is 5.69. The van der Waals surface area contributed by atoms with E-state index in [4.69, 9.17) is 4.52 Å². The van der Waals surface area contributed by atoms with Crippen LogP contribution in [-0.2, 0) is 5.75 Å². The van der Waals surface area contributed by atoms with E-state index < -0.39 is 0 Å². The van der Waals surface area contributed by atoms with Crippen molar-refractivity contribution in [2.24, 2.45) is 5.92 Å². The third-order valence-electron chi connectivity index (χ3n) is 4.32. The van der Waals surface area contributed by atoms with Crippen LogP contribution in [0.3, 0.4) is 0 Å². The first-order valence-electron chi connectivity index (χ1n) is 7.47. The van der Waals surface area contributed by atoms with E-state index in [1.807, 2.05) is 11.8 Å². The van der Waals surface area contributed by atoms with Gasteiger partial charge in [-0.05, 0) is 25.3 Å². The van der Waals surface area contributed by atoms with Crippen molar-refractivity contribution in [3.63, 3.8) is 0 Å². The van der Waals surface area contributed by atoms with Crippen molar-refractivity contribution in [1.29, 1.82) is 0 Å². The highest BCUT2D eigenvalue weighted by molar-refractivity contribution is 7.99. The maximum Gasteiger partial charge on any atom is 0.231 e. The van der Waals surface area contributed by atoms with Gasteiger partial charge >= 0.3 is 0 Å². The smallest absolute Gasteiger partial charge is 0.231 e. The van der Waals surface area contributed by atoms with Crippen LogP contribution in [-0.4, -0.2) is 28.5 Å². The van der Waals surface area contributed by atoms with Gasteiger partial charge in [-0.15, -0.1) is 0 Å². The Morgan fingerprint density at radius 1 is 1.26 bits per heavy atom. The normalized spacial score (nSPS) is 28.9. The predicted molar refractivity (Wildman–Crippen MR) is 77.2 cm³/mol. The zero-order valence-corrected chi connectivity index (χ0v) is 12.4. The lowest BCUT2D eigenvalue weighted by molar-refractivity contribution is 0.337. The molecule has 0 bridgehead atoms. The van der Waals surface area contributed by atoms with E-state index in [0.717, 1.165) is 35.8 Å². The van der Waals surface area contributed by atoms with Crippen molar-refractivity contribution in [3.05, 3.63) is 11.7 Å². The Hall–Kier alpha value is -0.550. The molecule has 1 aliphatic heterocycles. The first-order chi connectivity index (χ1) is 9.33. The molecule has 106 valence electrons. The Bertz CT molecular complexity index is 403. The number of thioether (sulfide) groups is 1. The van der Waals surface area contributed by atoms with Crippen LogP contribution in [0.5, 0.6) is 0 Å². The highest BCUT2D eigenvalue weighted by Crippen LogP contribution is 2.31. The molecule has 2 fully saturated rings. The molecule has 0 spiro atoms. The average Bonchev–Trinajstić information content (AvgIpc) is 3.06. The van der Waals surface area contributed by atoms with Gasteiger partial charge in [0.1, 0.15) is 0 Å². The summed E-state index contributed by atoms with van der Waals surface area (Å²) in [7, 11) is 0. The number of nitrogens with one attached hydrogen (secondary N) is 1. The summed E-state index contributed by atoms with van der Waals surface area (Å²) >= 11 is 2.01. The lowest BCUT2D eigenvalue weighted by atomic mass is 9.98. The molecule has 1 aromatic rings. The van der Waals surface area contributed by atoms with Crippen molar-refractivity contribution in [2.45, 2.75) is 55.9 Å². The fourth-order valence-corrected chi connectivity index (χ4v) is 4.21. The van der Waals surface area contributed by atoms with Gasteiger partial charge in [0, 0.05) is 11.8 Å². The topological polar surface area (TPSA) is 51.0 Å². The Labute approximate surface area is 119 Å². The SMILES string of the molecule is C[C@@H]1CNC[C@H]1c1nc(CSC2CCCCC2)no1. The monoisotopic (exact) mass is 281 g/mol. The molecule has 19 heavy (non-hydrogen) atoms. The van der Waals surface area contributed by atoms with Crippen molar-refractivity contribution in [2.75, 3.05) is 13.1 Å². The molecule has 1 saturated carbocycles. The molecule has 1 saturated heterocycles. The second-order valence-corrected chi connectivity index (χ2v) is 7.15. The summed E-state index contributed by atoms with van der Waals surface area (Å²) in [6.45, 7) is 4.27. The Morgan fingerprint density at radius 2 is 2.11 bits per heavy atom. The van der Waals surface area contributed by atoms with Crippen molar-refractivity contribution < 1.29 is 4.52 Å². The van der Waals surface area contributed by atoms with Crippen molar-refractivity contribution in [1.82, 2.24) is 15.5 Å². The van der Waals surface area contributed by atoms with Gasteiger partial charge < -0.3 is 9.84 Å². The third kappa shape index (κ3) is 3.31. The first kappa shape index (κ1) is 13.4. The zero-order valence-electron chi connectivity index (χ0n) is 11.6. The van der Waals surface area contributed by atoms with Crippen LogP contribution in [0.15, 0.2) is 4.52 Å². The van der Waals surface area contributed by atoms with Gasteiger partial charge in [-0.3, -0.25) is 0 Å². The van der Waals surface area contributed by atoms with Crippen molar-refractivity contribution in [3.8, 4) is 0 Å². The van der Waals surface area contributed by atoms with Gasteiger partial charge in [0.05, 0.1) is 11.7 Å².